The van der Waals surface area contributed by atoms with E-state index < -0.39 is 0 Å². The Morgan fingerprint density at radius 1 is 0.964 bits per heavy atom. The molecule has 2 aliphatic carbocycles. The van der Waals surface area contributed by atoms with Gasteiger partial charge >= 0.3 is 0 Å². The molecule has 138 valence electrons. The summed E-state index contributed by atoms with van der Waals surface area (Å²) in [4.78, 5) is 32.0. The fraction of sp³-hybridized carbons (Fsp3) is 0.261. The van der Waals surface area contributed by atoms with E-state index in [2.05, 4.69) is 31.2 Å². The number of imide groups is 1. The summed E-state index contributed by atoms with van der Waals surface area (Å²) in [5, 5.41) is 0.949. The van der Waals surface area contributed by atoms with Crippen LogP contribution >= 0.6 is 11.3 Å². The number of allylic oxidation sites excluding steroid dienone is 2. The first-order chi connectivity index (χ1) is 13.6. The van der Waals surface area contributed by atoms with Gasteiger partial charge in [0.2, 0.25) is 11.8 Å². The summed E-state index contributed by atoms with van der Waals surface area (Å²) in [6, 6.07) is 13.9. The second-order valence-electron chi connectivity index (χ2n) is 8.05. The predicted octanol–water partition coefficient (Wildman–Crippen LogP) is 4.58. The maximum atomic E-state index is 13.0. The molecular weight excluding hydrogens is 368 g/mol. The largest absolute Gasteiger partial charge is 0.274 e. The van der Waals surface area contributed by atoms with Crippen LogP contribution in [0.15, 0.2) is 54.6 Å². The van der Waals surface area contributed by atoms with Gasteiger partial charge in [-0.05, 0) is 67.1 Å². The predicted molar refractivity (Wildman–Crippen MR) is 110 cm³/mol. The van der Waals surface area contributed by atoms with Crippen molar-refractivity contribution in [1.29, 1.82) is 0 Å². The van der Waals surface area contributed by atoms with Crippen molar-refractivity contribution in [2.45, 2.75) is 13.3 Å². The lowest BCUT2D eigenvalue weighted by Gasteiger charge is -2.17. The van der Waals surface area contributed by atoms with Gasteiger partial charge in [0.15, 0.2) is 0 Å². The summed E-state index contributed by atoms with van der Waals surface area (Å²) < 4.78 is 1.17. The highest BCUT2D eigenvalue weighted by molar-refractivity contribution is 7.21. The summed E-state index contributed by atoms with van der Waals surface area (Å²) in [6.45, 7) is 2.08. The van der Waals surface area contributed by atoms with Crippen LogP contribution in [0.1, 0.15) is 12.0 Å². The van der Waals surface area contributed by atoms with Crippen LogP contribution in [0.2, 0.25) is 0 Å². The maximum Gasteiger partial charge on any atom is 0.238 e. The number of hydrogen-bond acceptors (Lipinski definition) is 4. The number of fused-ring (bicyclic) bond motifs is 6. The molecule has 3 aromatic rings. The number of hydrogen-bond donors (Lipinski definition) is 0. The normalized spacial score (nSPS) is 28.0. The van der Waals surface area contributed by atoms with Crippen LogP contribution in [-0.2, 0) is 9.59 Å². The van der Waals surface area contributed by atoms with Crippen LogP contribution in [0.3, 0.4) is 0 Å². The zero-order valence-corrected chi connectivity index (χ0v) is 16.1. The third-order valence-electron chi connectivity index (χ3n) is 6.39. The Hall–Kier alpha value is -2.79. The molecule has 2 heterocycles. The SMILES string of the molecule is Cc1ccc2nc(-c3ccc(N4C(=O)[C@H]5[C@H](C4=O)[C@H]4C=C[C@H]5C4)cc3)sc2c1. The van der Waals surface area contributed by atoms with Gasteiger partial charge in [-0.2, -0.15) is 0 Å². The molecule has 2 bridgehead atoms. The van der Waals surface area contributed by atoms with Gasteiger partial charge in [0.1, 0.15) is 5.01 Å². The summed E-state index contributed by atoms with van der Waals surface area (Å²) in [6.07, 6.45) is 5.20. The van der Waals surface area contributed by atoms with E-state index >= 15 is 0 Å². The number of anilines is 1. The first kappa shape index (κ1) is 16.2. The van der Waals surface area contributed by atoms with Gasteiger partial charge in [-0.1, -0.05) is 18.2 Å². The number of benzene rings is 2. The zero-order valence-electron chi connectivity index (χ0n) is 15.3. The number of amides is 2. The molecule has 1 saturated heterocycles. The Kier molecular flexibility index (Phi) is 3.24. The molecule has 1 saturated carbocycles. The number of aromatic nitrogens is 1. The number of carbonyl (C=O) groups is 2. The first-order valence-corrected chi connectivity index (χ1v) is 10.5. The van der Waals surface area contributed by atoms with Crippen molar-refractivity contribution in [1.82, 2.24) is 4.98 Å². The van der Waals surface area contributed by atoms with Crippen molar-refractivity contribution in [3.63, 3.8) is 0 Å². The van der Waals surface area contributed by atoms with Crippen molar-refractivity contribution in [2.75, 3.05) is 4.90 Å². The Labute approximate surface area is 166 Å². The fourth-order valence-electron chi connectivity index (χ4n) is 5.07. The van der Waals surface area contributed by atoms with Crippen molar-refractivity contribution >= 4 is 39.1 Å². The molecule has 1 aliphatic heterocycles. The van der Waals surface area contributed by atoms with Crippen LogP contribution in [0.25, 0.3) is 20.8 Å². The van der Waals surface area contributed by atoms with E-state index in [0.29, 0.717) is 5.69 Å². The standard InChI is InChI=1S/C23H18N2O2S/c1-12-2-9-17-18(10-12)28-21(24-17)13-5-7-16(8-6-13)25-22(26)19-14-3-4-15(11-14)20(19)23(25)27/h2-10,14-15,19-20H,11H2,1H3/t14-,15-,19+,20+/m0/s1. The molecule has 4 nitrogen and oxygen atoms in total. The van der Waals surface area contributed by atoms with Crippen LogP contribution in [0.4, 0.5) is 5.69 Å². The monoisotopic (exact) mass is 386 g/mol. The topological polar surface area (TPSA) is 50.3 Å². The lowest BCUT2D eigenvalue weighted by atomic mass is 9.85. The van der Waals surface area contributed by atoms with Crippen molar-refractivity contribution < 1.29 is 9.59 Å². The number of aryl methyl sites for hydroxylation is 1. The molecule has 0 N–H and O–H groups in total. The summed E-state index contributed by atoms with van der Waals surface area (Å²) in [5.74, 6) is 0.0957. The van der Waals surface area contributed by atoms with Crippen LogP contribution in [0.5, 0.6) is 0 Å². The molecule has 3 aliphatic rings. The highest BCUT2D eigenvalue weighted by Gasteiger charge is 2.59. The van der Waals surface area contributed by atoms with E-state index in [0.717, 1.165) is 22.5 Å². The average Bonchev–Trinajstić information content (AvgIpc) is 3.45. The minimum absolute atomic E-state index is 0.0323. The van der Waals surface area contributed by atoms with E-state index in [-0.39, 0.29) is 35.5 Å². The number of carbonyl (C=O) groups excluding carboxylic acids is 2. The Morgan fingerprint density at radius 2 is 1.64 bits per heavy atom. The highest BCUT2D eigenvalue weighted by atomic mass is 32.1. The van der Waals surface area contributed by atoms with Gasteiger partial charge in [-0.25, -0.2) is 4.98 Å². The van der Waals surface area contributed by atoms with Crippen LogP contribution < -0.4 is 4.90 Å². The lowest BCUT2D eigenvalue weighted by molar-refractivity contribution is -0.123. The quantitative estimate of drug-likeness (QED) is 0.478. The third-order valence-corrected chi connectivity index (χ3v) is 7.45. The Balaban J connectivity index is 1.33. The van der Waals surface area contributed by atoms with Gasteiger partial charge in [0, 0.05) is 5.56 Å². The van der Waals surface area contributed by atoms with Crippen molar-refractivity contribution in [3.05, 3.63) is 60.2 Å². The first-order valence-electron chi connectivity index (χ1n) is 9.64. The molecule has 2 aromatic carbocycles. The molecule has 28 heavy (non-hydrogen) atoms. The van der Waals surface area contributed by atoms with E-state index in [1.54, 1.807) is 11.3 Å². The number of nitrogens with zero attached hydrogens (tertiary/aromatic N) is 2. The van der Waals surface area contributed by atoms with Gasteiger partial charge in [0.25, 0.3) is 0 Å². The maximum absolute atomic E-state index is 13.0. The van der Waals surface area contributed by atoms with E-state index in [9.17, 15) is 9.59 Å². The van der Waals surface area contributed by atoms with Gasteiger partial charge < -0.3 is 0 Å². The molecule has 0 radical (unpaired) electrons. The van der Waals surface area contributed by atoms with Gasteiger partial charge in [-0.3, -0.25) is 14.5 Å². The number of thiazole rings is 1. The van der Waals surface area contributed by atoms with E-state index in [4.69, 9.17) is 4.98 Å². The highest BCUT2D eigenvalue weighted by Crippen LogP contribution is 2.53. The third kappa shape index (κ3) is 2.14. The summed E-state index contributed by atoms with van der Waals surface area (Å²) >= 11 is 1.66. The molecule has 2 amide bonds. The zero-order chi connectivity index (χ0) is 19.0. The van der Waals surface area contributed by atoms with Gasteiger partial charge in [-0.15, -0.1) is 11.3 Å². The fourth-order valence-corrected chi connectivity index (χ4v) is 6.13. The molecule has 4 atom stereocenters. The van der Waals surface area contributed by atoms with E-state index in [1.807, 2.05) is 30.3 Å². The molecule has 0 spiro atoms. The molecule has 0 unspecified atom stereocenters. The summed E-state index contributed by atoms with van der Waals surface area (Å²) in [7, 11) is 0. The molecule has 5 heteroatoms. The van der Waals surface area contributed by atoms with E-state index in [1.165, 1.54) is 15.2 Å². The molecular formula is C23H18N2O2S. The molecule has 1 aromatic heterocycles. The Bertz CT molecular complexity index is 1150. The van der Waals surface area contributed by atoms with Crippen LogP contribution in [-0.4, -0.2) is 16.8 Å². The number of rotatable bonds is 2. The van der Waals surface area contributed by atoms with Crippen molar-refractivity contribution in [3.8, 4) is 10.6 Å². The lowest BCUT2D eigenvalue weighted by Crippen LogP contribution is -2.32. The smallest absolute Gasteiger partial charge is 0.238 e. The van der Waals surface area contributed by atoms with Gasteiger partial charge in [0.05, 0.1) is 27.7 Å². The van der Waals surface area contributed by atoms with Crippen LogP contribution in [0, 0.1) is 30.6 Å². The summed E-state index contributed by atoms with van der Waals surface area (Å²) in [5.41, 5.74) is 3.89. The molecule has 6 rings (SSSR count). The van der Waals surface area contributed by atoms with Crippen molar-refractivity contribution in [2.24, 2.45) is 23.7 Å². The second-order valence-corrected chi connectivity index (χ2v) is 9.08. The average molecular weight is 386 g/mol. The Morgan fingerprint density at radius 3 is 2.32 bits per heavy atom. The minimum atomic E-state index is -0.158. The molecule has 2 fully saturated rings. The minimum Gasteiger partial charge on any atom is -0.274 e. The second kappa shape index (κ2) is 5.61.